The molecule has 6 heteroatoms. The lowest BCUT2D eigenvalue weighted by atomic mass is 10.2. The fourth-order valence-electron chi connectivity index (χ4n) is 3.00. The van der Waals surface area contributed by atoms with Crippen molar-refractivity contribution in [2.45, 2.75) is 0 Å². The van der Waals surface area contributed by atoms with Crippen LogP contribution in [0.4, 0.5) is 5.69 Å². The van der Waals surface area contributed by atoms with Gasteiger partial charge in [-0.25, -0.2) is 4.79 Å². The number of fused-ring (bicyclic) bond motifs is 1. The molecule has 2 aliphatic rings. The molecular weight excluding hydrogens is 278 g/mol. The minimum absolute atomic E-state index is 0.212. The number of hydrogen-bond acceptors (Lipinski definition) is 4. The molecule has 2 fully saturated rings. The molecule has 1 heterocycles. The number of para-hydroxylation sites is 1. The fraction of sp³-hybridized carbons (Fsp3) is 0.429. The lowest BCUT2D eigenvalue weighted by Gasteiger charge is -2.21. The summed E-state index contributed by atoms with van der Waals surface area (Å²) in [6, 6.07) is 10.3. The zero-order valence-corrected chi connectivity index (χ0v) is 11.7. The summed E-state index contributed by atoms with van der Waals surface area (Å²) >= 11 is 5.32. The molecule has 1 aliphatic heterocycles. The summed E-state index contributed by atoms with van der Waals surface area (Å²) in [6.07, 6.45) is 0. The quantitative estimate of drug-likeness (QED) is 0.300. The minimum atomic E-state index is -0.577. The van der Waals surface area contributed by atoms with Gasteiger partial charge in [-0.3, -0.25) is 0 Å². The second-order valence-electron chi connectivity index (χ2n) is 5.21. The van der Waals surface area contributed by atoms with Crippen LogP contribution in [0.1, 0.15) is 0 Å². The highest BCUT2D eigenvalue weighted by Crippen LogP contribution is 2.52. The number of nitrogens with two attached hydrogens (primary N) is 1. The van der Waals surface area contributed by atoms with Crippen LogP contribution in [-0.2, 0) is 9.63 Å². The lowest BCUT2D eigenvalue weighted by Crippen LogP contribution is -2.28. The van der Waals surface area contributed by atoms with Crippen molar-refractivity contribution in [3.05, 3.63) is 30.3 Å². The van der Waals surface area contributed by atoms with Crippen molar-refractivity contribution >= 4 is 29.1 Å². The molecule has 0 spiro atoms. The third kappa shape index (κ3) is 2.45. The van der Waals surface area contributed by atoms with E-state index in [0.717, 1.165) is 13.1 Å². The fourth-order valence-corrected chi connectivity index (χ4v) is 3.05. The average molecular weight is 294 g/mol. The number of alkyl halides is 1. The molecule has 0 bridgehead atoms. The van der Waals surface area contributed by atoms with E-state index in [4.69, 9.17) is 17.3 Å². The monoisotopic (exact) mass is 293 g/mol. The predicted molar refractivity (Wildman–Crippen MR) is 77.6 cm³/mol. The van der Waals surface area contributed by atoms with E-state index in [1.54, 1.807) is 0 Å². The normalized spacial score (nSPS) is 28.1. The van der Waals surface area contributed by atoms with Gasteiger partial charge in [-0.1, -0.05) is 23.4 Å². The summed E-state index contributed by atoms with van der Waals surface area (Å²) < 4.78 is 0. The second-order valence-corrected chi connectivity index (χ2v) is 5.47. The van der Waals surface area contributed by atoms with E-state index < -0.39 is 5.97 Å². The van der Waals surface area contributed by atoms with Crippen LogP contribution in [0.5, 0.6) is 0 Å². The van der Waals surface area contributed by atoms with Crippen LogP contribution >= 0.6 is 11.6 Å². The Morgan fingerprint density at radius 1 is 1.35 bits per heavy atom. The molecule has 3 rings (SSSR count). The van der Waals surface area contributed by atoms with Gasteiger partial charge in [0.15, 0.2) is 0 Å². The number of carbonyl (C=O) groups excluding carboxylic acids is 1. The second kappa shape index (κ2) is 5.32. The van der Waals surface area contributed by atoms with Crippen molar-refractivity contribution in [2.24, 2.45) is 28.6 Å². The van der Waals surface area contributed by atoms with Gasteiger partial charge in [0.05, 0.1) is 0 Å². The number of oxime groups is 1. The highest BCUT2D eigenvalue weighted by atomic mass is 35.5. The zero-order valence-electron chi connectivity index (χ0n) is 10.9. The summed E-state index contributed by atoms with van der Waals surface area (Å²) in [4.78, 5) is 17.9. The standard InChI is InChI=1S/C14H16ClN3O2/c15-6-12(19)20-17-14(16)13-10-7-18(8-11(10)13)9-4-2-1-3-5-9/h1-5,10-11,13H,6-8H2,(H2,16,17)/t10-,11+,13+. The first-order valence-corrected chi connectivity index (χ1v) is 7.13. The molecule has 0 unspecified atom stereocenters. The molecule has 1 aromatic rings. The third-order valence-corrected chi connectivity index (χ3v) is 4.24. The molecule has 5 nitrogen and oxygen atoms in total. The van der Waals surface area contributed by atoms with Crippen LogP contribution in [-0.4, -0.2) is 30.8 Å². The Labute approximate surface area is 122 Å². The van der Waals surface area contributed by atoms with Crippen molar-refractivity contribution in [2.75, 3.05) is 23.9 Å². The number of hydrogen-bond donors (Lipinski definition) is 1. The van der Waals surface area contributed by atoms with E-state index >= 15 is 0 Å². The summed E-state index contributed by atoms with van der Waals surface area (Å²) in [5.74, 6) is 0.869. The molecule has 20 heavy (non-hydrogen) atoms. The first kappa shape index (κ1) is 13.2. The Morgan fingerprint density at radius 2 is 2.00 bits per heavy atom. The molecule has 2 N–H and O–H groups in total. The summed E-state index contributed by atoms with van der Waals surface area (Å²) in [5, 5.41) is 3.68. The SMILES string of the molecule is N/C(=N\OC(=O)CCl)[C@H]1[C@@H]2CN(c3ccccc3)C[C@@H]21. The van der Waals surface area contributed by atoms with Crippen LogP contribution in [0.25, 0.3) is 0 Å². The molecule has 1 saturated heterocycles. The molecular formula is C14H16ClN3O2. The highest BCUT2D eigenvalue weighted by Gasteiger charge is 2.58. The molecule has 1 aromatic carbocycles. The van der Waals surface area contributed by atoms with Gasteiger partial charge in [-0.2, -0.15) is 0 Å². The number of anilines is 1. The van der Waals surface area contributed by atoms with Gasteiger partial charge >= 0.3 is 5.97 Å². The van der Waals surface area contributed by atoms with Gasteiger partial charge in [-0.15, -0.1) is 11.6 Å². The van der Waals surface area contributed by atoms with Gasteiger partial charge in [0.25, 0.3) is 0 Å². The topological polar surface area (TPSA) is 67.9 Å². The van der Waals surface area contributed by atoms with E-state index in [1.165, 1.54) is 5.69 Å². The molecule has 106 valence electrons. The number of benzene rings is 1. The summed E-state index contributed by atoms with van der Waals surface area (Å²) in [7, 11) is 0. The molecule has 0 aromatic heterocycles. The van der Waals surface area contributed by atoms with Crippen molar-refractivity contribution in [1.29, 1.82) is 0 Å². The molecule has 3 atom stereocenters. The van der Waals surface area contributed by atoms with Crippen molar-refractivity contribution < 1.29 is 9.63 Å². The number of carbonyl (C=O) groups is 1. The smallest absolute Gasteiger partial charge is 0.349 e. The minimum Gasteiger partial charge on any atom is -0.384 e. The molecule has 1 saturated carbocycles. The maximum absolute atomic E-state index is 10.9. The average Bonchev–Trinajstić information content (AvgIpc) is 2.99. The first-order valence-electron chi connectivity index (χ1n) is 6.60. The third-order valence-electron chi connectivity index (χ3n) is 4.02. The van der Waals surface area contributed by atoms with Gasteiger partial charge in [-0.05, 0) is 24.0 Å². The van der Waals surface area contributed by atoms with Crippen LogP contribution in [0.2, 0.25) is 0 Å². The molecule has 0 radical (unpaired) electrons. The van der Waals surface area contributed by atoms with Crippen LogP contribution < -0.4 is 10.6 Å². The van der Waals surface area contributed by atoms with E-state index in [1.807, 2.05) is 18.2 Å². The Kier molecular flexibility index (Phi) is 3.53. The van der Waals surface area contributed by atoms with Gasteiger partial charge in [0, 0.05) is 24.7 Å². The van der Waals surface area contributed by atoms with Crippen LogP contribution in [0.3, 0.4) is 0 Å². The van der Waals surface area contributed by atoms with E-state index in [-0.39, 0.29) is 11.8 Å². The van der Waals surface area contributed by atoms with Crippen LogP contribution in [0.15, 0.2) is 35.5 Å². The number of nitrogens with zero attached hydrogens (tertiary/aromatic N) is 2. The van der Waals surface area contributed by atoms with Gasteiger partial charge in [0.1, 0.15) is 11.7 Å². The Balaban J connectivity index is 1.56. The van der Waals surface area contributed by atoms with E-state index in [2.05, 4.69) is 27.0 Å². The maximum Gasteiger partial charge on any atom is 0.349 e. The van der Waals surface area contributed by atoms with E-state index in [0.29, 0.717) is 17.7 Å². The highest BCUT2D eigenvalue weighted by molar-refractivity contribution is 6.26. The van der Waals surface area contributed by atoms with Crippen LogP contribution in [0, 0.1) is 17.8 Å². The first-order chi connectivity index (χ1) is 9.70. The Bertz CT molecular complexity index is 522. The predicted octanol–water partition coefficient (Wildman–Crippen LogP) is 1.42. The number of piperidine rings is 1. The largest absolute Gasteiger partial charge is 0.384 e. The Morgan fingerprint density at radius 3 is 2.60 bits per heavy atom. The number of halogens is 1. The zero-order chi connectivity index (χ0) is 14.1. The summed E-state index contributed by atoms with van der Waals surface area (Å²) in [5.41, 5.74) is 7.11. The van der Waals surface area contributed by atoms with Crippen molar-refractivity contribution in [1.82, 2.24) is 0 Å². The van der Waals surface area contributed by atoms with Crippen molar-refractivity contribution in [3.8, 4) is 0 Å². The Hall–Kier alpha value is -1.75. The van der Waals surface area contributed by atoms with Gasteiger partial charge < -0.3 is 15.5 Å². The lowest BCUT2D eigenvalue weighted by molar-refractivity contribution is -0.140. The molecule has 1 aliphatic carbocycles. The molecule has 0 amide bonds. The van der Waals surface area contributed by atoms with E-state index in [9.17, 15) is 4.79 Å². The summed E-state index contributed by atoms with van der Waals surface area (Å²) in [6.45, 7) is 1.94. The number of amidine groups is 1. The van der Waals surface area contributed by atoms with Crippen molar-refractivity contribution in [3.63, 3.8) is 0 Å². The maximum atomic E-state index is 10.9. The van der Waals surface area contributed by atoms with Gasteiger partial charge in [0.2, 0.25) is 0 Å². The number of rotatable bonds is 4.